The molecule has 1 aromatic heterocycles. The first-order valence-electron chi connectivity index (χ1n) is 6.18. The zero-order valence-corrected chi connectivity index (χ0v) is 11.3. The van der Waals surface area contributed by atoms with E-state index >= 15 is 0 Å². The van der Waals surface area contributed by atoms with Crippen molar-refractivity contribution in [3.05, 3.63) is 11.9 Å². The molecule has 1 aliphatic heterocycles. The molecule has 10 nitrogen and oxygen atoms in total. The number of carboxylic acid groups (broad SMARTS) is 1. The van der Waals surface area contributed by atoms with Gasteiger partial charge in [-0.05, 0) is 0 Å². The molecule has 1 aliphatic rings. The van der Waals surface area contributed by atoms with E-state index in [2.05, 4.69) is 20.7 Å². The van der Waals surface area contributed by atoms with Crippen molar-refractivity contribution in [2.45, 2.75) is 25.9 Å². The van der Waals surface area contributed by atoms with Crippen molar-refractivity contribution in [2.75, 3.05) is 7.05 Å². The quantitative estimate of drug-likeness (QED) is 0.686. The van der Waals surface area contributed by atoms with Crippen molar-refractivity contribution >= 4 is 23.5 Å². The van der Waals surface area contributed by atoms with Crippen molar-refractivity contribution in [2.24, 2.45) is 5.10 Å². The van der Waals surface area contributed by atoms with Crippen molar-refractivity contribution in [3.63, 3.8) is 0 Å². The summed E-state index contributed by atoms with van der Waals surface area (Å²) in [7, 11) is 1.49. The minimum atomic E-state index is -1.03. The van der Waals surface area contributed by atoms with E-state index in [4.69, 9.17) is 5.11 Å². The van der Waals surface area contributed by atoms with Gasteiger partial charge in [0.25, 0.3) is 5.91 Å². The van der Waals surface area contributed by atoms with Gasteiger partial charge in [-0.2, -0.15) is 5.10 Å². The molecular formula is C11H14N6O4. The van der Waals surface area contributed by atoms with Gasteiger partial charge in [0, 0.05) is 19.9 Å². The lowest BCUT2D eigenvalue weighted by atomic mass is 10.1. The second-order valence-electron chi connectivity index (χ2n) is 4.45. The highest BCUT2D eigenvalue weighted by atomic mass is 16.4. The molecule has 0 radical (unpaired) electrons. The van der Waals surface area contributed by atoms with Gasteiger partial charge in [-0.25, -0.2) is 9.69 Å². The number of hydrogen-bond acceptors (Lipinski definition) is 6. The maximum absolute atomic E-state index is 11.9. The molecule has 21 heavy (non-hydrogen) atoms. The van der Waals surface area contributed by atoms with Crippen molar-refractivity contribution in [3.8, 4) is 0 Å². The molecule has 0 spiro atoms. The average Bonchev–Trinajstić information content (AvgIpc) is 2.86. The number of hydrogen-bond donors (Lipinski definition) is 2. The molecule has 112 valence electrons. The zero-order valence-electron chi connectivity index (χ0n) is 11.3. The monoisotopic (exact) mass is 294 g/mol. The number of aliphatic carboxylic acids is 1. The van der Waals surface area contributed by atoms with E-state index in [0.29, 0.717) is 12.1 Å². The first-order valence-corrected chi connectivity index (χ1v) is 6.18. The standard InChI is InChI=1S/C11H14N6O4/c1-16-9(18)3-2-8(14-16)11(21)12-4-7-5-17(15-13-7)6-10(19)20/h5H,2-4,6H2,1H3,(H,12,21)(H,19,20). The predicted molar refractivity (Wildman–Crippen MR) is 68.9 cm³/mol. The van der Waals surface area contributed by atoms with Crippen LogP contribution >= 0.6 is 0 Å². The lowest BCUT2D eigenvalue weighted by Gasteiger charge is -2.18. The maximum atomic E-state index is 11.9. The molecule has 0 atom stereocenters. The van der Waals surface area contributed by atoms with Gasteiger partial charge >= 0.3 is 5.97 Å². The largest absolute Gasteiger partial charge is 0.480 e. The average molecular weight is 294 g/mol. The van der Waals surface area contributed by atoms with E-state index in [-0.39, 0.29) is 37.0 Å². The van der Waals surface area contributed by atoms with Crippen LogP contribution in [0.25, 0.3) is 0 Å². The first-order chi connectivity index (χ1) is 9.95. The third kappa shape index (κ3) is 3.84. The van der Waals surface area contributed by atoms with Crippen LogP contribution in [0.5, 0.6) is 0 Å². The van der Waals surface area contributed by atoms with Gasteiger partial charge in [0.2, 0.25) is 5.91 Å². The lowest BCUT2D eigenvalue weighted by Crippen LogP contribution is -2.37. The summed E-state index contributed by atoms with van der Waals surface area (Å²) >= 11 is 0. The Bertz CT molecular complexity index is 608. The van der Waals surface area contributed by atoms with Crippen molar-refractivity contribution in [1.82, 2.24) is 25.3 Å². The van der Waals surface area contributed by atoms with Crippen LogP contribution < -0.4 is 5.32 Å². The summed E-state index contributed by atoms with van der Waals surface area (Å²) in [6, 6.07) is 0. The summed E-state index contributed by atoms with van der Waals surface area (Å²) in [4.78, 5) is 33.6. The summed E-state index contributed by atoms with van der Waals surface area (Å²) in [6.07, 6.45) is 1.98. The minimum Gasteiger partial charge on any atom is -0.480 e. The van der Waals surface area contributed by atoms with Gasteiger partial charge in [-0.3, -0.25) is 14.4 Å². The Balaban J connectivity index is 1.89. The van der Waals surface area contributed by atoms with Crippen LogP contribution in [-0.2, 0) is 27.5 Å². The van der Waals surface area contributed by atoms with E-state index in [1.807, 2.05) is 0 Å². The second-order valence-corrected chi connectivity index (χ2v) is 4.45. The van der Waals surface area contributed by atoms with Crippen LogP contribution in [0.4, 0.5) is 0 Å². The fraction of sp³-hybridized carbons (Fsp3) is 0.455. The number of carbonyl (C=O) groups excluding carboxylic acids is 2. The molecule has 2 N–H and O–H groups in total. The van der Waals surface area contributed by atoms with E-state index in [1.165, 1.54) is 13.2 Å². The molecule has 2 amide bonds. The van der Waals surface area contributed by atoms with Gasteiger partial charge < -0.3 is 10.4 Å². The number of carbonyl (C=O) groups is 3. The topological polar surface area (TPSA) is 130 Å². The number of hydrazone groups is 1. The SMILES string of the molecule is CN1N=C(C(=O)NCc2cn(CC(=O)O)nn2)CCC1=O. The third-order valence-corrected chi connectivity index (χ3v) is 2.78. The molecule has 0 aliphatic carbocycles. The van der Waals surface area contributed by atoms with Crippen LogP contribution in [0.15, 0.2) is 11.3 Å². The van der Waals surface area contributed by atoms with Crippen molar-refractivity contribution in [1.29, 1.82) is 0 Å². The first kappa shape index (κ1) is 14.6. The summed E-state index contributed by atoms with van der Waals surface area (Å²) in [5.41, 5.74) is 0.709. The van der Waals surface area contributed by atoms with Crippen LogP contribution in [-0.4, -0.2) is 55.7 Å². The van der Waals surface area contributed by atoms with E-state index in [9.17, 15) is 14.4 Å². The smallest absolute Gasteiger partial charge is 0.325 e. The van der Waals surface area contributed by atoms with Gasteiger partial charge in [-0.1, -0.05) is 5.21 Å². The highest BCUT2D eigenvalue weighted by Crippen LogP contribution is 2.07. The van der Waals surface area contributed by atoms with Crippen LogP contribution in [0.3, 0.4) is 0 Å². The van der Waals surface area contributed by atoms with Gasteiger partial charge in [0.15, 0.2) is 0 Å². The molecule has 0 bridgehead atoms. The molecule has 0 unspecified atom stereocenters. The normalized spacial score (nSPS) is 14.8. The number of nitrogens with one attached hydrogen (secondary N) is 1. The summed E-state index contributed by atoms with van der Waals surface area (Å²) in [5.74, 6) is -1.55. The Morgan fingerprint density at radius 3 is 2.86 bits per heavy atom. The number of nitrogens with zero attached hydrogens (tertiary/aromatic N) is 5. The molecule has 0 saturated heterocycles. The van der Waals surface area contributed by atoms with Crippen LogP contribution in [0.2, 0.25) is 0 Å². The molecule has 2 rings (SSSR count). The van der Waals surface area contributed by atoms with Gasteiger partial charge in [0.1, 0.15) is 18.0 Å². The Morgan fingerprint density at radius 2 is 2.19 bits per heavy atom. The Kier molecular flexibility index (Phi) is 4.26. The van der Waals surface area contributed by atoms with E-state index in [0.717, 1.165) is 9.69 Å². The van der Waals surface area contributed by atoms with Crippen LogP contribution in [0.1, 0.15) is 18.5 Å². The molecule has 10 heteroatoms. The summed E-state index contributed by atoms with van der Waals surface area (Å²) < 4.78 is 1.16. The Morgan fingerprint density at radius 1 is 1.43 bits per heavy atom. The molecule has 0 saturated carbocycles. The number of aromatic nitrogens is 3. The van der Waals surface area contributed by atoms with Crippen LogP contribution in [0, 0.1) is 0 Å². The van der Waals surface area contributed by atoms with Gasteiger partial charge in [-0.15, -0.1) is 5.10 Å². The second kappa shape index (κ2) is 6.11. The fourth-order valence-corrected chi connectivity index (χ4v) is 1.74. The molecule has 1 aromatic rings. The summed E-state index contributed by atoms with van der Waals surface area (Å²) in [6.45, 7) is -0.185. The molecule has 0 fully saturated rings. The molecular weight excluding hydrogens is 280 g/mol. The van der Waals surface area contributed by atoms with E-state index < -0.39 is 5.97 Å². The zero-order chi connectivity index (χ0) is 15.4. The number of rotatable bonds is 5. The van der Waals surface area contributed by atoms with Gasteiger partial charge in [0.05, 0.1) is 12.7 Å². The minimum absolute atomic E-state index is 0.106. The highest BCUT2D eigenvalue weighted by Gasteiger charge is 2.21. The van der Waals surface area contributed by atoms with E-state index in [1.54, 1.807) is 0 Å². The number of carboxylic acids is 1. The third-order valence-electron chi connectivity index (χ3n) is 2.78. The summed E-state index contributed by atoms with van der Waals surface area (Å²) in [5, 5.41) is 23.6. The Hall–Kier alpha value is -2.78. The molecule has 0 aromatic carbocycles. The Labute approximate surface area is 119 Å². The highest BCUT2D eigenvalue weighted by molar-refractivity contribution is 6.39. The fourth-order valence-electron chi connectivity index (χ4n) is 1.74. The number of amides is 2. The van der Waals surface area contributed by atoms with Crippen molar-refractivity contribution < 1.29 is 19.5 Å². The lowest BCUT2D eigenvalue weighted by molar-refractivity contribution is -0.138. The maximum Gasteiger partial charge on any atom is 0.325 e. The predicted octanol–water partition coefficient (Wildman–Crippen LogP) is -1.41. The molecule has 2 heterocycles.